The lowest BCUT2D eigenvalue weighted by atomic mass is 9.83. The van der Waals surface area contributed by atoms with Gasteiger partial charge in [0.25, 0.3) is 0 Å². The van der Waals surface area contributed by atoms with Gasteiger partial charge in [-0.2, -0.15) is 0 Å². The van der Waals surface area contributed by atoms with Gasteiger partial charge in [-0.15, -0.1) is 0 Å². The summed E-state index contributed by atoms with van der Waals surface area (Å²) in [5.41, 5.74) is 1.13. The summed E-state index contributed by atoms with van der Waals surface area (Å²) >= 11 is 12.2. The van der Waals surface area contributed by atoms with E-state index < -0.39 is 35.6 Å². The molecule has 2 aliphatic rings. The smallest absolute Gasteiger partial charge is 0.335 e. The predicted molar refractivity (Wildman–Crippen MR) is 154 cm³/mol. The second kappa shape index (κ2) is 11.8. The number of carbonyl (C=O) groups is 3. The van der Waals surface area contributed by atoms with Crippen molar-refractivity contribution in [1.82, 2.24) is 9.88 Å². The van der Waals surface area contributed by atoms with Crippen molar-refractivity contribution in [3.8, 4) is 0 Å². The lowest BCUT2D eigenvalue weighted by molar-refractivity contribution is -0.121. The number of likely N-dealkylation sites (tertiary alicyclic amines) is 1. The van der Waals surface area contributed by atoms with Gasteiger partial charge in [0.15, 0.2) is 11.0 Å². The van der Waals surface area contributed by atoms with Crippen molar-refractivity contribution >= 4 is 61.8 Å². The number of aromatic carboxylic acids is 1. The monoisotopic (exact) mass is 602 g/mol. The van der Waals surface area contributed by atoms with Gasteiger partial charge >= 0.3 is 5.97 Å². The molecule has 2 fully saturated rings. The zero-order valence-corrected chi connectivity index (χ0v) is 23.8. The Kier molecular flexibility index (Phi) is 8.38. The summed E-state index contributed by atoms with van der Waals surface area (Å²) in [6, 6.07) is 13.1. The fraction of sp³-hybridized carbons (Fsp3) is 0.286. The van der Waals surface area contributed by atoms with E-state index >= 15 is 4.39 Å². The number of halogens is 3. The molecule has 1 aliphatic heterocycles. The molecule has 40 heavy (non-hydrogen) atoms. The average Bonchev–Trinajstić information content (AvgIpc) is 3.67. The van der Waals surface area contributed by atoms with Gasteiger partial charge in [-0.05, 0) is 82.2 Å². The van der Waals surface area contributed by atoms with Crippen LogP contribution in [0.2, 0.25) is 10.2 Å². The van der Waals surface area contributed by atoms with E-state index in [1.165, 1.54) is 41.2 Å². The quantitative estimate of drug-likeness (QED) is 0.261. The van der Waals surface area contributed by atoms with Crippen molar-refractivity contribution < 1.29 is 23.9 Å². The molecule has 1 saturated carbocycles. The van der Waals surface area contributed by atoms with Crippen LogP contribution < -0.4 is 9.99 Å². The number of anilines is 2. The van der Waals surface area contributed by atoms with E-state index in [1.54, 1.807) is 24.3 Å². The number of rotatable bonds is 8. The maximum Gasteiger partial charge on any atom is 0.335 e. The molecule has 1 saturated heterocycles. The molecular formula is C28H26Cl2FN4O4P. The zero-order chi connectivity index (χ0) is 28.6. The number of carboxylic acid groups (broad SMARTS) is 1. The summed E-state index contributed by atoms with van der Waals surface area (Å²) in [5.74, 6) is -3.94. The van der Waals surface area contributed by atoms with Crippen molar-refractivity contribution in [2.45, 2.75) is 24.8 Å². The molecule has 2 aromatic carbocycles. The van der Waals surface area contributed by atoms with Gasteiger partial charge in [0, 0.05) is 41.6 Å². The zero-order valence-electron chi connectivity index (χ0n) is 21.1. The SMILES string of the molecule is O=C(O)c1ccc(N(P)C(=O)[C@@H]2CN(CC3CC3)C(C(=O)Nc3cccc(Cl)c3)[C@H]2c2ccnc(Cl)c2F)cc1. The Bertz CT molecular complexity index is 1460. The first-order valence-electron chi connectivity index (χ1n) is 12.7. The molecule has 2 N–H and O–H groups in total. The molecule has 3 aromatic rings. The number of carboxylic acids is 1. The Morgan fingerprint density at radius 2 is 1.85 bits per heavy atom. The molecule has 2 amide bonds. The summed E-state index contributed by atoms with van der Waals surface area (Å²) in [5, 5.41) is 12.2. The second-order valence-corrected chi connectivity index (χ2v) is 11.4. The molecule has 208 valence electrons. The van der Waals surface area contributed by atoms with E-state index in [9.17, 15) is 19.5 Å². The van der Waals surface area contributed by atoms with E-state index in [1.807, 2.05) is 4.90 Å². The highest BCUT2D eigenvalue weighted by Crippen LogP contribution is 2.44. The van der Waals surface area contributed by atoms with Crippen molar-refractivity contribution in [2.24, 2.45) is 11.8 Å². The highest BCUT2D eigenvalue weighted by atomic mass is 35.5. The molecule has 4 atom stereocenters. The van der Waals surface area contributed by atoms with E-state index in [0.29, 0.717) is 28.9 Å². The maximum atomic E-state index is 15.5. The van der Waals surface area contributed by atoms with Gasteiger partial charge in [0.2, 0.25) is 11.8 Å². The van der Waals surface area contributed by atoms with Crippen LogP contribution in [-0.2, 0) is 9.59 Å². The Morgan fingerprint density at radius 1 is 1.12 bits per heavy atom. The standard InChI is InChI=1S/C28H26Cl2FN4O4P/c29-17-2-1-3-18(12-17)33-26(36)24-22(20-10-11-32-25(30)23(20)31)21(14-34(24)13-15-4-5-15)27(37)35(40)19-8-6-16(7-9-19)28(38)39/h1-3,6-12,15,21-22,24H,4-5,13-14,40H2,(H,33,36)(H,38,39)/t21-,22+,24?/m1/s1. The van der Waals surface area contributed by atoms with Crippen LogP contribution in [-0.4, -0.2) is 51.9 Å². The number of carbonyl (C=O) groups excluding carboxylic acids is 2. The van der Waals surface area contributed by atoms with Gasteiger partial charge in [0.1, 0.15) is 0 Å². The summed E-state index contributed by atoms with van der Waals surface area (Å²) in [6.45, 7) is 0.795. The fourth-order valence-electron chi connectivity index (χ4n) is 5.24. The Hall–Kier alpha value is -3.10. The van der Waals surface area contributed by atoms with Crippen LogP contribution in [0.5, 0.6) is 0 Å². The van der Waals surface area contributed by atoms with Crippen molar-refractivity contribution in [3.05, 3.63) is 87.9 Å². The minimum absolute atomic E-state index is 0.0789. The van der Waals surface area contributed by atoms with Gasteiger partial charge in [-0.3, -0.25) is 19.2 Å². The van der Waals surface area contributed by atoms with E-state index in [-0.39, 0.29) is 28.7 Å². The molecule has 0 radical (unpaired) electrons. The van der Waals surface area contributed by atoms with E-state index in [4.69, 9.17) is 23.2 Å². The third-order valence-corrected chi connectivity index (χ3v) is 8.38. The number of nitrogens with zero attached hydrogens (tertiary/aromatic N) is 3. The molecule has 0 spiro atoms. The highest BCUT2D eigenvalue weighted by molar-refractivity contribution is 7.21. The number of amides is 2. The molecule has 12 heteroatoms. The Morgan fingerprint density at radius 3 is 2.50 bits per heavy atom. The highest BCUT2D eigenvalue weighted by Gasteiger charge is 2.52. The Balaban J connectivity index is 1.53. The number of benzene rings is 2. The predicted octanol–water partition coefficient (Wildman–Crippen LogP) is 5.48. The first kappa shape index (κ1) is 28.4. The number of hydrogen-bond donors (Lipinski definition) is 2. The van der Waals surface area contributed by atoms with E-state index in [0.717, 1.165) is 12.8 Å². The summed E-state index contributed by atoms with van der Waals surface area (Å²) in [7, 11) is 2.36. The minimum Gasteiger partial charge on any atom is -0.478 e. The van der Waals surface area contributed by atoms with Crippen LogP contribution in [0.3, 0.4) is 0 Å². The summed E-state index contributed by atoms with van der Waals surface area (Å²) in [6.07, 6.45) is 3.40. The summed E-state index contributed by atoms with van der Waals surface area (Å²) < 4.78 is 16.8. The van der Waals surface area contributed by atoms with Crippen LogP contribution in [0.25, 0.3) is 0 Å². The van der Waals surface area contributed by atoms with Gasteiger partial charge in [-0.1, -0.05) is 29.3 Å². The second-order valence-electron chi connectivity index (χ2n) is 10.0. The van der Waals surface area contributed by atoms with Gasteiger partial charge < -0.3 is 10.4 Å². The number of aromatic nitrogens is 1. The third-order valence-electron chi connectivity index (χ3n) is 7.33. The molecule has 8 nitrogen and oxygen atoms in total. The number of hydrogen-bond acceptors (Lipinski definition) is 5. The summed E-state index contributed by atoms with van der Waals surface area (Å²) in [4.78, 5) is 44.9. The van der Waals surface area contributed by atoms with E-state index in [2.05, 4.69) is 19.7 Å². The first-order valence-corrected chi connectivity index (χ1v) is 13.9. The van der Waals surface area contributed by atoms with Crippen LogP contribution in [0.1, 0.15) is 34.7 Å². The van der Waals surface area contributed by atoms with Crippen LogP contribution >= 0.6 is 32.6 Å². The van der Waals surface area contributed by atoms with Crippen LogP contribution in [0.15, 0.2) is 60.8 Å². The van der Waals surface area contributed by atoms with Crippen molar-refractivity contribution in [3.63, 3.8) is 0 Å². The van der Waals surface area contributed by atoms with Crippen LogP contribution in [0, 0.1) is 17.7 Å². The molecule has 0 bridgehead atoms. The topological polar surface area (TPSA) is 103 Å². The molecule has 2 heterocycles. The number of pyridine rings is 1. The Labute approximate surface area is 242 Å². The average molecular weight is 603 g/mol. The van der Waals surface area contributed by atoms with Crippen molar-refractivity contribution in [1.29, 1.82) is 0 Å². The lowest BCUT2D eigenvalue weighted by Gasteiger charge is -2.29. The molecule has 2 unspecified atom stereocenters. The normalized spacial score (nSPS) is 20.8. The number of nitrogens with one attached hydrogen (secondary N) is 1. The lowest BCUT2D eigenvalue weighted by Crippen LogP contribution is -2.43. The minimum atomic E-state index is -1.08. The third kappa shape index (κ3) is 5.98. The van der Waals surface area contributed by atoms with Crippen LogP contribution in [0.4, 0.5) is 15.8 Å². The fourth-order valence-corrected chi connectivity index (χ4v) is 5.96. The molecule has 1 aliphatic carbocycles. The van der Waals surface area contributed by atoms with Gasteiger partial charge in [0.05, 0.1) is 17.5 Å². The molecule has 5 rings (SSSR count). The molecular weight excluding hydrogens is 577 g/mol. The molecule has 1 aromatic heterocycles. The largest absolute Gasteiger partial charge is 0.478 e. The van der Waals surface area contributed by atoms with Gasteiger partial charge in [-0.25, -0.2) is 14.2 Å². The maximum absolute atomic E-state index is 15.5. The first-order chi connectivity index (χ1) is 19.1. The van der Waals surface area contributed by atoms with Crippen molar-refractivity contribution in [2.75, 3.05) is 23.1 Å².